The van der Waals surface area contributed by atoms with E-state index >= 15 is 0 Å². The van der Waals surface area contributed by atoms with Crippen molar-refractivity contribution in [1.82, 2.24) is 4.98 Å². The largest absolute Gasteiger partial charge is 0.477 e. The van der Waals surface area contributed by atoms with E-state index in [2.05, 4.69) is 4.98 Å². The number of aromatic nitrogens is 1. The van der Waals surface area contributed by atoms with Gasteiger partial charge in [0.15, 0.2) is 4.88 Å². The summed E-state index contributed by atoms with van der Waals surface area (Å²) in [6.45, 7) is 0.564. The summed E-state index contributed by atoms with van der Waals surface area (Å²) in [6, 6.07) is 0. The topological polar surface area (TPSA) is 68.7 Å². The number of hydrogen-bond acceptors (Lipinski definition) is 5. The van der Waals surface area contributed by atoms with Crippen LogP contribution in [0.1, 0.15) is 41.8 Å². The van der Waals surface area contributed by atoms with Gasteiger partial charge < -0.3 is 14.6 Å². The van der Waals surface area contributed by atoms with Gasteiger partial charge in [-0.1, -0.05) is 17.8 Å². The Kier molecular flexibility index (Phi) is 3.12. The molecule has 1 aromatic heterocycles. The van der Waals surface area contributed by atoms with Gasteiger partial charge in [-0.05, 0) is 37.0 Å². The second-order valence-electron chi connectivity index (χ2n) is 5.56. The van der Waals surface area contributed by atoms with Crippen molar-refractivity contribution in [2.24, 2.45) is 11.3 Å². The smallest absolute Gasteiger partial charge is 0.351 e. The first kappa shape index (κ1) is 12.7. The van der Waals surface area contributed by atoms with E-state index in [4.69, 9.17) is 14.6 Å². The van der Waals surface area contributed by atoms with Crippen LogP contribution in [-0.2, 0) is 0 Å². The van der Waals surface area contributed by atoms with Crippen LogP contribution in [0.25, 0.3) is 0 Å². The van der Waals surface area contributed by atoms with Crippen LogP contribution >= 0.6 is 11.3 Å². The maximum absolute atomic E-state index is 11.1. The van der Waals surface area contributed by atoms with E-state index < -0.39 is 5.97 Å². The molecule has 0 bridgehead atoms. The fourth-order valence-corrected chi connectivity index (χ4v) is 3.84. The summed E-state index contributed by atoms with van der Waals surface area (Å²) in [7, 11) is 1.47. The molecule has 0 saturated heterocycles. The average molecular weight is 283 g/mol. The molecule has 0 atom stereocenters. The Hall–Kier alpha value is -1.30. The van der Waals surface area contributed by atoms with Crippen LogP contribution < -0.4 is 9.47 Å². The molecule has 104 valence electrons. The normalized spacial score (nSPS) is 20.7. The van der Waals surface area contributed by atoms with Crippen LogP contribution in [0.5, 0.6) is 11.1 Å². The highest BCUT2D eigenvalue weighted by atomic mass is 32.1. The molecular weight excluding hydrogens is 266 g/mol. The predicted octanol–water partition coefficient (Wildman–Crippen LogP) is 2.81. The first-order chi connectivity index (χ1) is 9.12. The standard InChI is InChI=1S/C13H17NO4S/c1-17-12-14-10(9(19-12)11(15)16)18-7-8-5-13(6-8)3-2-4-13/h8H,2-7H2,1H3,(H,15,16). The molecule has 3 rings (SSSR count). The highest BCUT2D eigenvalue weighted by molar-refractivity contribution is 7.15. The minimum absolute atomic E-state index is 0.120. The molecular formula is C13H17NO4S. The van der Waals surface area contributed by atoms with Crippen LogP contribution in [0.4, 0.5) is 0 Å². The zero-order valence-electron chi connectivity index (χ0n) is 10.8. The third-order valence-corrected chi connectivity index (χ3v) is 5.24. The summed E-state index contributed by atoms with van der Waals surface area (Å²) < 4.78 is 10.5. The number of carbonyl (C=O) groups is 1. The highest BCUT2D eigenvalue weighted by Crippen LogP contribution is 2.58. The first-order valence-corrected chi connectivity index (χ1v) is 7.34. The number of rotatable bonds is 5. The van der Waals surface area contributed by atoms with Crippen molar-refractivity contribution in [3.63, 3.8) is 0 Å². The molecule has 0 amide bonds. The van der Waals surface area contributed by atoms with Gasteiger partial charge in [0.2, 0.25) is 5.88 Å². The average Bonchev–Trinajstić information content (AvgIpc) is 2.68. The minimum Gasteiger partial charge on any atom is -0.477 e. The SMILES string of the molecule is COc1nc(OCC2CC3(CCC3)C2)c(C(=O)O)s1. The molecule has 19 heavy (non-hydrogen) atoms. The predicted molar refractivity (Wildman–Crippen MR) is 70.1 cm³/mol. The van der Waals surface area contributed by atoms with E-state index in [1.807, 2.05) is 0 Å². The Morgan fingerprint density at radius 3 is 2.79 bits per heavy atom. The third-order valence-electron chi connectivity index (χ3n) is 4.26. The van der Waals surface area contributed by atoms with Crippen molar-refractivity contribution in [2.75, 3.05) is 13.7 Å². The van der Waals surface area contributed by atoms with E-state index in [-0.39, 0.29) is 10.8 Å². The van der Waals surface area contributed by atoms with Gasteiger partial charge in [0.05, 0.1) is 13.7 Å². The van der Waals surface area contributed by atoms with Gasteiger partial charge in [0.25, 0.3) is 5.19 Å². The van der Waals surface area contributed by atoms with Gasteiger partial charge in [-0.25, -0.2) is 4.79 Å². The second-order valence-corrected chi connectivity index (χ2v) is 6.52. The molecule has 2 aliphatic rings. The molecule has 0 aliphatic heterocycles. The molecule has 0 unspecified atom stereocenters. The summed E-state index contributed by atoms with van der Waals surface area (Å²) in [5, 5.41) is 9.41. The maximum Gasteiger partial charge on any atom is 0.351 e. The Bertz CT molecular complexity index is 487. The zero-order chi connectivity index (χ0) is 13.5. The lowest BCUT2D eigenvalue weighted by Crippen LogP contribution is -2.44. The molecule has 1 N–H and O–H groups in total. The van der Waals surface area contributed by atoms with Crippen molar-refractivity contribution in [3.05, 3.63) is 4.88 Å². The lowest BCUT2D eigenvalue weighted by Gasteiger charge is -2.54. The van der Waals surface area contributed by atoms with E-state index in [1.54, 1.807) is 0 Å². The van der Waals surface area contributed by atoms with E-state index in [1.165, 1.54) is 39.2 Å². The van der Waals surface area contributed by atoms with Gasteiger partial charge in [0.1, 0.15) is 0 Å². The molecule has 0 radical (unpaired) electrons. The third kappa shape index (κ3) is 2.29. The molecule has 1 aromatic rings. The van der Waals surface area contributed by atoms with Gasteiger partial charge in [0, 0.05) is 0 Å². The van der Waals surface area contributed by atoms with Crippen molar-refractivity contribution < 1.29 is 19.4 Å². The molecule has 6 heteroatoms. The molecule has 2 aliphatic carbocycles. The van der Waals surface area contributed by atoms with Crippen LogP contribution in [-0.4, -0.2) is 29.8 Å². The van der Waals surface area contributed by atoms with Gasteiger partial charge in [-0.15, -0.1) is 0 Å². The number of carboxylic acid groups (broad SMARTS) is 1. The van der Waals surface area contributed by atoms with Crippen molar-refractivity contribution in [2.45, 2.75) is 32.1 Å². The number of thiazole rings is 1. The summed E-state index contributed by atoms with van der Waals surface area (Å²) >= 11 is 1.00. The molecule has 2 fully saturated rings. The van der Waals surface area contributed by atoms with Crippen LogP contribution in [0.3, 0.4) is 0 Å². The fraction of sp³-hybridized carbons (Fsp3) is 0.692. The molecule has 1 spiro atoms. The van der Waals surface area contributed by atoms with Crippen LogP contribution in [0.2, 0.25) is 0 Å². The van der Waals surface area contributed by atoms with Crippen molar-refractivity contribution in [1.29, 1.82) is 0 Å². The van der Waals surface area contributed by atoms with Gasteiger partial charge in [-0.3, -0.25) is 0 Å². The first-order valence-electron chi connectivity index (χ1n) is 6.53. The Morgan fingerprint density at radius 2 is 2.26 bits per heavy atom. The minimum atomic E-state index is -1.01. The number of nitrogens with zero attached hydrogens (tertiary/aromatic N) is 1. The van der Waals surface area contributed by atoms with Gasteiger partial charge in [-0.2, -0.15) is 4.98 Å². The van der Waals surface area contributed by atoms with E-state index in [9.17, 15) is 4.79 Å². The summed E-state index contributed by atoms with van der Waals surface area (Å²) in [6.07, 6.45) is 6.51. The van der Waals surface area contributed by atoms with E-state index in [0.717, 1.165) is 11.3 Å². The number of carboxylic acids is 1. The monoisotopic (exact) mass is 283 g/mol. The van der Waals surface area contributed by atoms with Crippen molar-refractivity contribution in [3.8, 4) is 11.1 Å². The molecule has 5 nitrogen and oxygen atoms in total. The maximum atomic E-state index is 11.1. The Balaban J connectivity index is 1.57. The Labute approximate surface area is 115 Å². The number of aromatic carboxylic acids is 1. The van der Waals surface area contributed by atoms with Gasteiger partial charge >= 0.3 is 5.97 Å². The lowest BCUT2D eigenvalue weighted by molar-refractivity contribution is -0.0423. The number of ether oxygens (including phenoxy) is 2. The fourth-order valence-electron chi connectivity index (χ4n) is 3.17. The summed E-state index contributed by atoms with van der Waals surface area (Å²) in [5.41, 5.74) is 0.615. The second kappa shape index (κ2) is 4.67. The summed E-state index contributed by atoms with van der Waals surface area (Å²) in [5.74, 6) is -0.265. The molecule has 2 saturated carbocycles. The Morgan fingerprint density at radius 1 is 1.53 bits per heavy atom. The highest BCUT2D eigenvalue weighted by Gasteiger charge is 2.48. The lowest BCUT2D eigenvalue weighted by atomic mass is 9.52. The van der Waals surface area contributed by atoms with Crippen molar-refractivity contribution >= 4 is 17.3 Å². The molecule has 1 heterocycles. The zero-order valence-corrected chi connectivity index (χ0v) is 11.7. The molecule has 0 aromatic carbocycles. The van der Waals surface area contributed by atoms with Crippen LogP contribution in [0.15, 0.2) is 0 Å². The summed E-state index contributed by atoms with van der Waals surface area (Å²) in [4.78, 5) is 15.2. The van der Waals surface area contributed by atoms with Crippen LogP contribution in [0, 0.1) is 11.3 Å². The van der Waals surface area contributed by atoms with E-state index in [0.29, 0.717) is 23.1 Å². The number of hydrogen-bond donors (Lipinski definition) is 1. The quantitative estimate of drug-likeness (QED) is 0.900. The number of methoxy groups -OCH3 is 1.